The Kier molecular flexibility index (Phi) is 3.38. The molecule has 0 bridgehead atoms. The molecule has 0 unspecified atom stereocenters. The summed E-state index contributed by atoms with van der Waals surface area (Å²) in [5, 5.41) is 2.19. The first-order valence-corrected chi connectivity index (χ1v) is 5.83. The second-order valence-electron chi connectivity index (χ2n) is 3.52. The van der Waals surface area contributed by atoms with Crippen LogP contribution in [0.2, 0.25) is 0 Å². The smallest absolute Gasteiger partial charge is 0.0394 e. The lowest BCUT2D eigenvalue weighted by Crippen LogP contribution is -1.88. The molecule has 2 aromatic rings. The standard InChI is InChI=1S/C14H13NS/c15-14-9-8-11(5-3-4-10-16)12-6-1-2-7-13(12)14/h1-2,6-9,16H,4,10,15H2. The van der Waals surface area contributed by atoms with Gasteiger partial charge in [0.05, 0.1) is 0 Å². The van der Waals surface area contributed by atoms with Crippen molar-refractivity contribution < 1.29 is 0 Å². The number of nitrogen functional groups attached to an aromatic ring is 1. The average Bonchev–Trinajstić information content (AvgIpc) is 2.33. The largest absolute Gasteiger partial charge is 0.398 e. The van der Waals surface area contributed by atoms with Gasteiger partial charge in [-0.3, -0.25) is 0 Å². The maximum absolute atomic E-state index is 5.92. The summed E-state index contributed by atoms with van der Waals surface area (Å²) in [6.07, 6.45) is 0.807. The lowest BCUT2D eigenvalue weighted by molar-refractivity contribution is 1.31. The zero-order chi connectivity index (χ0) is 11.4. The monoisotopic (exact) mass is 227 g/mol. The molecule has 0 aliphatic heterocycles. The predicted molar refractivity (Wildman–Crippen MR) is 73.7 cm³/mol. The molecular weight excluding hydrogens is 214 g/mol. The summed E-state index contributed by atoms with van der Waals surface area (Å²) >= 11 is 4.13. The fourth-order valence-corrected chi connectivity index (χ4v) is 1.76. The van der Waals surface area contributed by atoms with Crippen LogP contribution in [-0.2, 0) is 0 Å². The summed E-state index contributed by atoms with van der Waals surface area (Å²) in [6, 6.07) is 12.0. The van der Waals surface area contributed by atoms with Crippen molar-refractivity contribution in [2.24, 2.45) is 0 Å². The summed E-state index contributed by atoms with van der Waals surface area (Å²) in [7, 11) is 0. The maximum Gasteiger partial charge on any atom is 0.0394 e. The van der Waals surface area contributed by atoms with Gasteiger partial charge in [0, 0.05) is 28.8 Å². The van der Waals surface area contributed by atoms with Gasteiger partial charge in [-0.1, -0.05) is 36.1 Å². The Labute approximate surface area is 101 Å². The van der Waals surface area contributed by atoms with E-state index in [0.29, 0.717) is 0 Å². The van der Waals surface area contributed by atoms with E-state index in [-0.39, 0.29) is 0 Å². The average molecular weight is 227 g/mol. The van der Waals surface area contributed by atoms with Gasteiger partial charge in [-0.25, -0.2) is 0 Å². The van der Waals surface area contributed by atoms with E-state index in [2.05, 4.69) is 30.5 Å². The summed E-state index contributed by atoms with van der Waals surface area (Å²) in [6.45, 7) is 0. The van der Waals surface area contributed by atoms with E-state index >= 15 is 0 Å². The van der Waals surface area contributed by atoms with Crippen molar-refractivity contribution in [1.29, 1.82) is 0 Å². The van der Waals surface area contributed by atoms with Crippen LogP contribution in [0.4, 0.5) is 5.69 Å². The molecule has 0 aromatic heterocycles. The SMILES string of the molecule is Nc1ccc(C#CCCS)c2ccccc12. The Morgan fingerprint density at radius 2 is 1.81 bits per heavy atom. The molecule has 0 saturated heterocycles. The topological polar surface area (TPSA) is 26.0 Å². The number of fused-ring (bicyclic) bond motifs is 1. The van der Waals surface area contributed by atoms with Crippen molar-refractivity contribution in [2.75, 3.05) is 11.5 Å². The number of hydrogen-bond donors (Lipinski definition) is 2. The van der Waals surface area contributed by atoms with Crippen LogP contribution in [-0.4, -0.2) is 5.75 Å². The summed E-state index contributed by atoms with van der Waals surface area (Å²) in [4.78, 5) is 0. The van der Waals surface area contributed by atoms with E-state index in [1.165, 1.54) is 0 Å². The molecule has 0 aliphatic rings. The van der Waals surface area contributed by atoms with Crippen LogP contribution in [0.3, 0.4) is 0 Å². The third-order valence-corrected chi connectivity index (χ3v) is 2.64. The summed E-state index contributed by atoms with van der Waals surface area (Å²) in [5.41, 5.74) is 7.75. The van der Waals surface area contributed by atoms with Gasteiger partial charge in [-0.2, -0.15) is 12.6 Å². The minimum absolute atomic E-state index is 0.792. The first kappa shape index (κ1) is 10.9. The van der Waals surface area contributed by atoms with Crippen molar-refractivity contribution in [3.63, 3.8) is 0 Å². The number of benzene rings is 2. The molecular formula is C14H13NS. The Bertz CT molecular complexity index is 564. The molecule has 0 atom stereocenters. The van der Waals surface area contributed by atoms with Crippen LogP contribution < -0.4 is 5.73 Å². The fourth-order valence-electron chi connectivity index (χ4n) is 1.65. The van der Waals surface area contributed by atoms with Crippen molar-refractivity contribution in [1.82, 2.24) is 0 Å². The third-order valence-electron chi connectivity index (χ3n) is 2.42. The highest BCUT2D eigenvalue weighted by Gasteiger charge is 2.00. The molecule has 80 valence electrons. The third kappa shape index (κ3) is 2.15. The van der Waals surface area contributed by atoms with E-state index in [9.17, 15) is 0 Å². The zero-order valence-electron chi connectivity index (χ0n) is 8.90. The van der Waals surface area contributed by atoms with Crippen LogP contribution in [0.25, 0.3) is 10.8 Å². The minimum Gasteiger partial charge on any atom is -0.398 e. The highest BCUT2D eigenvalue weighted by molar-refractivity contribution is 7.80. The molecule has 0 spiro atoms. The molecule has 0 heterocycles. The second-order valence-corrected chi connectivity index (χ2v) is 3.97. The van der Waals surface area contributed by atoms with Gasteiger partial charge in [0.25, 0.3) is 0 Å². The Hall–Kier alpha value is -1.59. The highest BCUT2D eigenvalue weighted by Crippen LogP contribution is 2.23. The quantitative estimate of drug-likeness (QED) is 0.437. The molecule has 0 radical (unpaired) electrons. The van der Waals surface area contributed by atoms with E-state index in [4.69, 9.17) is 5.73 Å². The normalized spacial score (nSPS) is 9.81. The first-order chi connectivity index (χ1) is 7.83. The van der Waals surface area contributed by atoms with Gasteiger partial charge in [0.1, 0.15) is 0 Å². The Balaban J connectivity index is 2.56. The van der Waals surface area contributed by atoms with Crippen molar-refractivity contribution in [3.8, 4) is 11.8 Å². The van der Waals surface area contributed by atoms with E-state index < -0.39 is 0 Å². The van der Waals surface area contributed by atoms with Crippen molar-refractivity contribution >= 4 is 29.1 Å². The maximum atomic E-state index is 5.92. The zero-order valence-corrected chi connectivity index (χ0v) is 9.80. The van der Waals surface area contributed by atoms with Gasteiger partial charge < -0.3 is 5.73 Å². The molecule has 0 saturated carbocycles. The van der Waals surface area contributed by atoms with Gasteiger partial charge in [0.15, 0.2) is 0 Å². The first-order valence-electron chi connectivity index (χ1n) is 5.20. The van der Waals surface area contributed by atoms with E-state index in [1.807, 2.05) is 30.3 Å². The minimum atomic E-state index is 0.792. The van der Waals surface area contributed by atoms with Gasteiger partial charge in [-0.05, 0) is 17.5 Å². The van der Waals surface area contributed by atoms with Crippen molar-refractivity contribution in [3.05, 3.63) is 42.0 Å². The highest BCUT2D eigenvalue weighted by atomic mass is 32.1. The molecule has 1 nitrogen and oxygen atoms in total. The second kappa shape index (κ2) is 4.96. The molecule has 2 aromatic carbocycles. The van der Waals surface area contributed by atoms with Gasteiger partial charge >= 0.3 is 0 Å². The summed E-state index contributed by atoms with van der Waals surface area (Å²) < 4.78 is 0. The molecule has 0 amide bonds. The molecule has 2 heteroatoms. The number of thiol groups is 1. The predicted octanol–water partition coefficient (Wildman–Crippen LogP) is 3.09. The molecule has 2 N–H and O–H groups in total. The molecule has 2 rings (SSSR count). The molecule has 0 fully saturated rings. The molecule has 16 heavy (non-hydrogen) atoms. The van der Waals surface area contributed by atoms with Crippen LogP contribution in [0.5, 0.6) is 0 Å². The number of hydrogen-bond acceptors (Lipinski definition) is 2. The Morgan fingerprint density at radius 1 is 1.06 bits per heavy atom. The van der Waals surface area contributed by atoms with Crippen LogP contribution in [0.15, 0.2) is 36.4 Å². The number of nitrogens with two attached hydrogens (primary N) is 1. The van der Waals surface area contributed by atoms with Gasteiger partial charge in [0.2, 0.25) is 0 Å². The molecule has 0 aliphatic carbocycles. The van der Waals surface area contributed by atoms with Crippen LogP contribution >= 0.6 is 12.6 Å². The summed E-state index contributed by atoms with van der Waals surface area (Å²) in [5.74, 6) is 7.05. The number of anilines is 1. The van der Waals surface area contributed by atoms with Crippen molar-refractivity contribution in [2.45, 2.75) is 6.42 Å². The number of rotatable bonds is 1. The lowest BCUT2D eigenvalue weighted by atomic mass is 10.0. The van der Waals surface area contributed by atoms with E-state index in [1.54, 1.807) is 0 Å². The lowest BCUT2D eigenvalue weighted by Gasteiger charge is -2.03. The van der Waals surface area contributed by atoms with Crippen LogP contribution in [0.1, 0.15) is 12.0 Å². The Morgan fingerprint density at radius 3 is 2.56 bits per heavy atom. The van der Waals surface area contributed by atoms with E-state index in [0.717, 1.165) is 34.2 Å². The fraction of sp³-hybridized carbons (Fsp3) is 0.143. The van der Waals surface area contributed by atoms with Gasteiger partial charge in [-0.15, -0.1) is 0 Å². The van der Waals surface area contributed by atoms with Crippen LogP contribution in [0, 0.1) is 11.8 Å².